The van der Waals surface area contributed by atoms with Gasteiger partial charge >= 0.3 is 6.16 Å². The van der Waals surface area contributed by atoms with Crippen LogP contribution in [0, 0.1) is 56.8 Å². The molecule has 4 aliphatic carbocycles. The van der Waals surface area contributed by atoms with E-state index >= 15 is 0 Å². The monoisotopic (exact) mass is 1390 g/mol. The SMILES string of the molecule is COc1ccc(C(NCCCC[C@H](NC(=O)[C@H](Cc2ccc(N[O-])cc2)NC(=O)CCC(=O)NCCCO[C@H]2CC[C@@]3(C)C(=CC[C@H]4[C@@H]5CC[C@H]([C@H](C)CCCC(C)C)[C@@]5(C)CC[C@@H]43)C2)C(=O)Nc2ccc(COC(=O)Oc3ccc(N(C)[O-])cc3)cc2)(c2ccccc2)c2ccccc2)cc1. The number of benzene rings is 6. The van der Waals surface area contributed by atoms with Crippen LogP contribution in [0.3, 0.4) is 0 Å². The summed E-state index contributed by atoms with van der Waals surface area (Å²) in [6, 6.07) is 45.3. The van der Waals surface area contributed by atoms with Crippen molar-refractivity contribution in [2.45, 2.75) is 181 Å². The van der Waals surface area contributed by atoms with Crippen LogP contribution in [0.5, 0.6) is 11.5 Å². The first kappa shape index (κ1) is 76.1. The summed E-state index contributed by atoms with van der Waals surface area (Å²) in [5.41, 5.74) is 8.76. The second-order valence-corrected chi connectivity index (χ2v) is 29.9. The predicted octanol–water partition coefficient (Wildman–Crippen LogP) is 15.9. The van der Waals surface area contributed by atoms with Crippen molar-refractivity contribution in [1.82, 2.24) is 21.3 Å². The number of rotatable bonds is 35. The van der Waals surface area contributed by atoms with Crippen molar-refractivity contribution < 1.29 is 42.9 Å². The van der Waals surface area contributed by atoms with E-state index in [-0.39, 0.29) is 55.5 Å². The molecule has 18 heteroatoms. The first-order valence-electron chi connectivity index (χ1n) is 37.2. The number of hydrogen-bond acceptors (Lipinski definition) is 14. The summed E-state index contributed by atoms with van der Waals surface area (Å²) >= 11 is 0. The minimum Gasteiger partial charge on any atom is -0.761 e. The fourth-order valence-electron chi connectivity index (χ4n) is 17.3. The van der Waals surface area contributed by atoms with Crippen molar-refractivity contribution in [1.29, 1.82) is 0 Å². The Balaban J connectivity index is 0.748. The fourth-order valence-corrected chi connectivity index (χ4v) is 17.3. The number of carbonyl (C=O) groups excluding carboxylic acids is 5. The Morgan fingerprint density at radius 1 is 0.637 bits per heavy atom. The Labute approximate surface area is 603 Å². The molecule has 546 valence electrons. The van der Waals surface area contributed by atoms with Gasteiger partial charge in [0.1, 0.15) is 30.2 Å². The number of allylic oxidation sites excluding steroid dienone is 1. The van der Waals surface area contributed by atoms with Crippen molar-refractivity contribution >= 4 is 46.8 Å². The molecular weight excluding hydrogens is 1280 g/mol. The van der Waals surface area contributed by atoms with Crippen LogP contribution in [0.25, 0.3) is 0 Å². The molecule has 0 aromatic heterocycles. The van der Waals surface area contributed by atoms with Gasteiger partial charge in [-0.2, -0.15) is 0 Å². The summed E-state index contributed by atoms with van der Waals surface area (Å²) in [5.74, 6) is 3.74. The standard InChI is InChI=1S/C84H107N7O11/c1-57(2)18-16-19-58(3)72-43-44-73-71-42-31-64-55-70(47-49-82(64,4)74(71)48-50-83(72,73)5)100-53-17-51-85-77(92)45-46-78(93)88-76(54-59-25-34-66(90-97)35-26-59)80(95)89-75(79(94)87-65-32-27-60(28-33-65)56-101-81(96)102-69-40-36-67(37-41-69)91(6)98)24-14-15-52-86-84(61-20-10-8-11-21-61,62-22-12-9-13-23-62)63-29-38-68(99-7)39-30-63/h8-13,20-23,25-41,57-58,70-76,86,90H,14-19,24,42-56H2,1-7H3,(H,85,92)(H,87,94)(H,88,93)(H,89,95)/q-2/t58-,70+,71+,72-,73+,74+,75+,76+,82+,83-/m1/s1. The Morgan fingerprint density at radius 2 is 1.29 bits per heavy atom. The van der Waals surface area contributed by atoms with Gasteiger partial charge in [0.2, 0.25) is 23.6 Å². The Bertz CT molecular complexity index is 3670. The molecule has 102 heavy (non-hydrogen) atoms. The molecule has 10 atom stereocenters. The summed E-state index contributed by atoms with van der Waals surface area (Å²) in [7, 11) is 3.00. The van der Waals surface area contributed by atoms with Gasteiger partial charge in [0.05, 0.1) is 18.8 Å². The second kappa shape index (κ2) is 36.0. The number of nitrogens with one attached hydrogen (secondary N) is 6. The normalized spacial score (nSPS) is 21.5. The molecule has 0 heterocycles. The van der Waals surface area contributed by atoms with E-state index in [0.717, 1.165) is 77.2 Å². The van der Waals surface area contributed by atoms with Gasteiger partial charge in [-0.3, -0.25) is 24.5 Å². The molecule has 4 amide bonds. The van der Waals surface area contributed by atoms with E-state index in [0.29, 0.717) is 77.6 Å². The van der Waals surface area contributed by atoms with Gasteiger partial charge in [0.15, 0.2) is 0 Å². The van der Waals surface area contributed by atoms with Gasteiger partial charge in [-0.15, -0.1) is 0 Å². The highest BCUT2D eigenvalue weighted by Crippen LogP contribution is 2.67. The van der Waals surface area contributed by atoms with Crippen molar-refractivity contribution in [3.63, 3.8) is 0 Å². The van der Waals surface area contributed by atoms with E-state index in [9.17, 15) is 34.4 Å². The maximum absolute atomic E-state index is 14.8. The summed E-state index contributed by atoms with van der Waals surface area (Å²) in [6.07, 6.45) is 17.3. The van der Waals surface area contributed by atoms with Crippen LogP contribution in [-0.4, -0.2) is 81.8 Å². The van der Waals surface area contributed by atoms with Gasteiger partial charge in [0, 0.05) is 49.5 Å². The molecule has 6 N–H and O–H groups in total. The number of carbonyl (C=O) groups is 5. The number of hydrogen-bond donors (Lipinski definition) is 6. The minimum atomic E-state index is -1.19. The molecule has 0 unspecified atom stereocenters. The Morgan fingerprint density at radius 3 is 1.96 bits per heavy atom. The number of fused-ring (bicyclic) bond motifs is 5. The fraction of sp³-hybridized carbons (Fsp3) is 0.488. The summed E-state index contributed by atoms with van der Waals surface area (Å²) in [4.78, 5) is 69.3. The van der Waals surface area contributed by atoms with Gasteiger partial charge in [-0.1, -0.05) is 163 Å². The van der Waals surface area contributed by atoms with Gasteiger partial charge in [-0.25, -0.2) is 4.79 Å². The van der Waals surface area contributed by atoms with Crippen LogP contribution in [0.1, 0.15) is 172 Å². The highest BCUT2D eigenvalue weighted by molar-refractivity contribution is 5.98. The maximum atomic E-state index is 14.8. The third-order valence-corrected chi connectivity index (χ3v) is 22.9. The summed E-state index contributed by atoms with van der Waals surface area (Å²) in [6.45, 7) is 13.8. The molecule has 0 aliphatic heterocycles. The molecule has 0 spiro atoms. The average Bonchev–Trinajstić information content (AvgIpc) is 1.24. The van der Waals surface area contributed by atoms with Gasteiger partial charge in [-0.05, 0) is 225 Å². The number of hydroxylamine groups is 1. The van der Waals surface area contributed by atoms with E-state index in [1.807, 2.05) is 54.0 Å². The molecule has 18 nitrogen and oxygen atoms in total. The van der Waals surface area contributed by atoms with E-state index in [1.54, 1.807) is 61.2 Å². The molecule has 6 aromatic rings. The number of methoxy groups -OCH3 is 1. The number of amides is 4. The lowest BCUT2D eigenvalue weighted by Gasteiger charge is -2.58. The number of anilines is 3. The highest BCUT2D eigenvalue weighted by atomic mass is 16.7. The first-order chi connectivity index (χ1) is 49.3. The molecule has 0 radical (unpaired) electrons. The first-order valence-corrected chi connectivity index (χ1v) is 37.2. The topological polar surface area (TPSA) is 244 Å². The van der Waals surface area contributed by atoms with Gasteiger partial charge < -0.3 is 61.2 Å². The number of unbranched alkanes of at least 4 members (excludes halogenated alkanes) is 1. The van der Waals surface area contributed by atoms with Crippen LogP contribution >= 0.6 is 0 Å². The molecule has 3 saturated carbocycles. The quantitative estimate of drug-likeness (QED) is 0.00541. The molecule has 3 fully saturated rings. The molecule has 0 saturated heterocycles. The Kier molecular flexibility index (Phi) is 26.9. The largest absolute Gasteiger partial charge is 0.761 e. The predicted molar refractivity (Wildman–Crippen MR) is 402 cm³/mol. The van der Waals surface area contributed by atoms with Crippen LogP contribution in [0.2, 0.25) is 0 Å². The number of nitrogens with zero attached hydrogens (tertiary/aromatic N) is 1. The summed E-state index contributed by atoms with van der Waals surface area (Å²) < 4.78 is 22.7. The average molecular weight is 1390 g/mol. The Hall–Kier alpha value is -8.55. The molecule has 4 aliphatic rings. The van der Waals surface area contributed by atoms with E-state index < -0.39 is 41.5 Å². The zero-order valence-electron chi connectivity index (χ0n) is 60.8. The van der Waals surface area contributed by atoms with Crippen LogP contribution in [0.4, 0.5) is 21.9 Å². The molecule has 6 aromatic carbocycles. The summed E-state index contributed by atoms with van der Waals surface area (Å²) in [5, 5.41) is 39.5. The zero-order chi connectivity index (χ0) is 72.2. The van der Waals surface area contributed by atoms with Crippen LogP contribution in [-0.2, 0) is 47.2 Å². The lowest BCUT2D eigenvalue weighted by molar-refractivity contribution is -0.131. The van der Waals surface area contributed by atoms with E-state index in [4.69, 9.17) is 18.9 Å². The van der Waals surface area contributed by atoms with Crippen LogP contribution in [0.15, 0.2) is 169 Å². The lowest BCUT2D eigenvalue weighted by Crippen LogP contribution is -2.53. The lowest BCUT2D eigenvalue weighted by atomic mass is 9.47. The number of ether oxygens (including phenoxy) is 4. The molecular formula is C84H107N7O11-2. The smallest absolute Gasteiger partial charge is 0.514 e. The van der Waals surface area contributed by atoms with Crippen LogP contribution < -0.4 is 46.6 Å². The van der Waals surface area contributed by atoms with Crippen molar-refractivity contribution in [2.24, 2.45) is 46.3 Å². The third kappa shape index (κ3) is 19.4. The van der Waals surface area contributed by atoms with E-state index in [1.165, 1.54) is 82.7 Å². The van der Waals surface area contributed by atoms with Gasteiger partial charge in [0.25, 0.3) is 0 Å². The van der Waals surface area contributed by atoms with Crippen molar-refractivity contribution in [2.75, 3.05) is 49.7 Å². The molecule has 0 bridgehead atoms. The zero-order valence-corrected chi connectivity index (χ0v) is 60.8. The third-order valence-electron chi connectivity index (χ3n) is 22.9. The van der Waals surface area contributed by atoms with Crippen molar-refractivity contribution in [3.8, 4) is 11.5 Å². The maximum Gasteiger partial charge on any atom is 0.514 e. The second-order valence-electron chi connectivity index (χ2n) is 29.9. The molecule has 10 rings (SSSR count). The highest BCUT2D eigenvalue weighted by Gasteiger charge is 2.59. The van der Waals surface area contributed by atoms with E-state index in [2.05, 4.69) is 104 Å². The van der Waals surface area contributed by atoms with Crippen molar-refractivity contribution in [3.05, 3.63) is 208 Å². The minimum absolute atomic E-state index is 0.00712.